The summed E-state index contributed by atoms with van der Waals surface area (Å²) in [6, 6.07) is 11.1. The maximum atomic E-state index is 9.53. The van der Waals surface area contributed by atoms with Crippen LogP contribution in [0.2, 0.25) is 5.02 Å². The lowest BCUT2D eigenvalue weighted by Crippen LogP contribution is -1.85. The van der Waals surface area contributed by atoms with Gasteiger partial charge in [-0.05, 0) is 29.7 Å². The van der Waals surface area contributed by atoms with E-state index in [-0.39, 0.29) is 16.5 Å². The highest BCUT2D eigenvalue weighted by molar-refractivity contribution is 6.33. The van der Waals surface area contributed by atoms with Crippen molar-refractivity contribution in [3.63, 3.8) is 0 Å². The van der Waals surface area contributed by atoms with Crippen molar-refractivity contribution >= 4 is 11.6 Å². The molecular weight excluding hydrogens is 224 g/mol. The predicted octanol–water partition coefficient (Wildman–Crippen LogP) is 3.73. The first kappa shape index (κ1) is 10.8. The normalized spacial score (nSPS) is 10.4. The number of benzene rings is 2. The van der Waals surface area contributed by atoms with Crippen molar-refractivity contribution in [2.75, 3.05) is 0 Å². The minimum Gasteiger partial charge on any atom is -0.504 e. The molecule has 0 atom stereocenters. The topological polar surface area (TPSA) is 40.5 Å². The zero-order chi connectivity index (χ0) is 11.7. The molecule has 0 radical (unpaired) electrons. The fraction of sp³-hybridized carbons (Fsp3) is 0.0769. The molecule has 0 aliphatic rings. The zero-order valence-electron chi connectivity index (χ0n) is 8.74. The number of phenolic OH excluding ortho intramolecular Hbond substituents is 2. The molecule has 2 N–H and O–H groups in total. The number of halogens is 1. The molecule has 16 heavy (non-hydrogen) atoms. The zero-order valence-corrected chi connectivity index (χ0v) is 9.49. The van der Waals surface area contributed by atoms with Crippen LogP contribution in [0.25, 0.3) is 11.1 Å². The fourth-order valence-corrected chi connectivity index (χ4v) is 1.84. The number of aromatic hydroxyl groups is 2. The molecule has 2 nitrogen and oxygen atoms in total. The standard InChI is InChI=1S/C13H11ClO2/c1-8-10(9-5-3-2-4-6-9)7-11(15)13(16)12(8)14/h2-7,15-16H,1H3. The van der Waals surface area contributed by atoms with Crippen LogP contribution in [-0.4, -0.2) is 10.2 Å². The van der Waals surface area contributed by atoms with E-state index < -0.39 is 0 Å². The van der Waals surface area contributed by atoms with Crippen LogP contribution in [-0.2, 0) is 0 Å². The molecule has 0 spiro atoms. The lowest BCUT2D eigenvalue weighted by Gasteiger charge is -2.10. The van der Waals surface area contributed by atoms with Gasteiger partial charge in [-0.3, -0.25) is 0 Å². The minimum atomic E-state index is -0.265. The van der Waals surface area contributed by atoms with Crippen LogP contribution < -0.4 is 0 Å². The molecule has 0 saturated heterocycles. The van der Waals surface area contributed by atoms with Crippen molar-refractivity contribution in [3.8, 4) is 22.6 Å². The quantitative estimate of drug-likeness (QED) is 0.739. The van der Waals surface area contributed by atoms with E-state index in [1.54, 1.807) is 0 Å². The summed E-state index contributed by atoms with van der Waals surface area (Å²) in [5.74, 6) is -0.465. The summed E-state index contributed by atoms with van der Waals surface area (Å²) in [4.78, 5) is 0. The fourth-order valence-electron chi connectivity index (χ4n) is 1.64. The third-order valence-corrected chi connectivity index (χ3v) is 3.01. The molecule has 0 heterocycles. The smallest absolute Gasteiger partial charge is 0.176 e. The van der Waals surface area contributed by atoms with Gasteiger partial charge < -0.3 is 10.2 Å². The van der Waals surface area contributed by atoms with E-state index in [0.717, 1.165) is 16.7 Å². The van der Waals surface area contributed by atoms with E-state index in [0.29, 0.717) is 0 Å². The largest absolute Gasteiger partial charge is 0.504 e. The molecule has 0 aliphatic carbocycles. The Morgan fingerprint density at radius 1 is 1.06 bits per heavy atom. The Morgan fingerprint density at radius 3 is 2.31 bits per heavy atom. The van der Waals surface area contributed by atoms with Crippen LogP contribution >= 0.6 is 11.6 Å². The summed E-state index contributed by atoms with van der Waals surface area (Å²) in [6.45, 7) is 1.81. The first-order chi connectivity index (χ1) is 7.61. The Hall–Kier alpha value is -1.67. The van der Waals surface area contributed by atoms with Crippen LogP contribution in [0.1, 0.15) is 5.56 Å². The van der Waals surface area contributed by atoms with Gasteiger partial charge in [-0.1, -0.05) is 41.9 Å². The predicted molar refractivity (Wildman–Crippen MR) is 65.0 cm³/mol. The molecule has 3 heteroatoms. The van der Waals surface area contributed by atoms with Gasteiger partial charge in [0.2, 0.25) is 0 Å². The Bertz CT molecular complexity index is 521. The summed E-state index contributed by atoms with van der Waals surface area (Å²) in [5.41, 5.74) is 2.53. The van der Waals surface area contributed by atoms with Gasteiger partial charge in [-0.25, -0.2) is 0 Å². The number of rotatable bonds is 1. The molecule has 2 aromatic rings. The first-order valence-electron chi connectivity index (χ1n) is 4.87. The highest BCUT2D eigenvalue weighted by Crippen LogP contribution is 2.41. The maximum Gasteiger partial charge on any atom is 0.176 e. The second-order valence-corrected chi connectivity index (χ2v) is 3.97. The number of phenols is 2. The Balaban J connectivity index is 2.68. The van der Waals surface area contributed by atoms with Crippen molar-refractivity contribution in [2.45, 2.75) is 6.92 Å². The molecule has 0 aromatic heterocycles. The molecule has 0 saturated carbocycles. The SMILES string of the molecule is Cc1c(-c2ccccc2)cc(O)c(O)c1Cl. The molecule has 0 unspecified atom stereocenters. The van der Waals surface area contributed by atoms with Crippen molar-refractivity contribution in [1.82, 2.24) is 0 Å². The van der Waals surface area contributed by atoms with E-state index in [1.165, 1.54) is 6.07 Å². The van der Waals surface area contributed by atoms with E-state index in [4.69, 9.17) is 11.6 Å². The molecule has 2 rings (SSSR count). The monoisotopic (exact) mass is 234 g/mol. The average Bonchev–Trinajstić information content (AvgIpc) is 2.32. The van der Waals surface area contributed by atoms with Gasteiger partial charge in [-0.2, -0.15) is 0 Å². The summed E-state index contributed by atoms with van der Waals surface area (Å²) in [7, 11) is 0. The van der Waals surface area contributed by atoms with E-state index in [2.05, 4.69) is 0 Å². The Morgan fingerprint density at radius 2 is 1.69 bits per heavy atom. The molecule has 0 bridgehead atoms. The molecule has 0 fully saturated rings. The second-order valence-electron chi connectivity index (χ2n) is 3.60. The van der Waals surface area contributed by atoms with Crippen molar-refractivity contribution in [1.29, 1.82) is 0 Å². The maximum absolute atomic E-state index is 9.53. The molecule has 0 amide bonds. The average molecular weight is 235 g/mol. The van der Waals surface area contributed by atoms with Gasteiger partial charge in [0.05, 0.1) is 5.02 Å². The Kier molecular flexibility index (Phi) is 2.75. The summed E-state index contributed by atoms with van der Waals surface area (Å²) in [6.07, 6.45) is 0. The van der Waals surface area contributed by atoms with E-state index >= 15 is 0 Å². The van der Waals surface area contributed by atoms with Crippen LogP contribution in [0.5, 0.6) is 11.5 Å². The van der Waals surface area contributed by atoms with Crippen molar-refractivity contribution in [3.05, 3.63) is 47.0 Å². The molecule has 0 aliphatic heterocycles. The van der Waals surface area contributed by atoms with Crippen LogP contribution in [0.4, 0.5) is 0 Å². The number of hydrogen-bond acceptors (Lipinski definition) is 2. The summed E-state index contributed by atoms with van der Waals surface area (Å²) in [5, 5.41) is 19.2. The Labute approximate surface area is 98.7 Å². The van der Waals surface area contributed by atoms with Gasteiger partial charge in [0.15, 0.2) is 11.5 Å². The highest BCUT2D eigenvalue weighted by Gasteiger charge is 2.13. The van der Waals surface area contributed by atoms with Gasteiger partial charge in [0.25, 0.3) is 0 Å². The van der Waals surface area contributed by atoms with E-state index in [1.807, 2.05) is 37.3 Å². The highest BCUT2D eigenvalue weighted by atomic mass is 35.5. The van der Waals surface area contributed by atoms with Crippen molar-refractivity contribution < 1.29 is 10.2 Å². The molecule has 2 aromatic carbocycles. The second kappa shape index (κ2) is 4.06. The van der Waals surface area contributed by atoms with Gasteiger partial charge >= 0.3 is 0 Å². The van der Waals surface area contributed by atoms with Crippen LogP contribution in [0, 0.1) is 6.92 Å². The lowest BCUT2D eigenvalue weighted by molar-refractivity contribution is 0.404. The molecule has 82 valence electrons. The van der Waals surface area contributed by atoms with E-state index in [9.17, 15) is 10.2 Å². The van der Waals surface area contributed by atoms with Crippen molar-refractivity contribution in [2.24, 2.45) is 0 Å². The van der Waals surface area contributed by atoms with Gasteiger partial charge in [0.1, 0.15) is 0 Å². The lowest BCUT2D eigenvalue weighted by atomic mass is 10.00. The summed E-state index contributed by atoms with van der Waals surface area (Å²) >= 11 is 5.93. The molecular formula is C13H11ClO2. The third-order valence-electron chi connectivity index (χ3n) is 2.55. The third kappa shape index (κ3) is 1.72. The summed E-state index contributed by atoms with van der Waals surface area (Å²) < 4.78 is 0. The number of hydrogen-bond donors (Lipinski definition) is 2. The van der Waals surface area contributed by atoms with Crippen LogP contribution in [0.3, 0.4) is 0 Å². The van der Waals surface area contributed by atoms with Gasteiger partial charge in [-0.15, -0.1) is 0 Å². The van der Waals surface area contributed by atoms with Crippen LogP contribution in [0.15, 0.2) is 36.4 Å². The first-order valence-corrected chi connectivity index (χ1v) is 5.25. The van der Waals surface area contributed by atoms with Gasteiger partial charge in [0, 0.05) is 0 Å². The minimum absolute atomic E-state index is 0.193.